The Bertz CT molecular complexity index is 693. The molecule has 0 aromatic heterocycles. The first-order valence-corrected chi connectivity index (χ1v) is 6.60. The van der Waals surface area contributed by atoms with E-state index in [-0.39, 0.29) is 10.7 Å². The summed E-state index contributed by atoms with van der Waals surface area (Å²) < 4.78 is 0. The van der Waals surface area contributed by atoms with Crippen LogP contribution in [0.15, 0.2) is 42.5 Å². The fourth-order valence-electron chi connectivity index (χ4n) is 1.86. The average molecular weight is 302 g/mol. The van der Waals surface area contributed by atoms with Crippen LogP contribution in [0.5, 0.6) is 0 Å². The number of rotatable bonds is 5. The highest BCUT2D eigenvalue weighted by molar-refractivity contribution is 6.32. The van der Waals surface area contributed by atoms with Crippen molar-refractivity contribution in [3.63, 3.8) is 0 Å². The van der Waals surface area contributed by atoms with Crippen LogP contribution in [0.25, 0.3) is 0 Å². The zero-order valence-corrected chi connectivity index (χ0v) is 11.8. The molecule has 0 aliphatic heterocycles. The average Bonchev–Trinajstić information content (AvgIpc) is 2.49. The molecule has 0 aliphatic rings. The minimum absolute atomic E-state index is 0.0886. The fraction of sp³-hybridized carbons (Fsp3) is 0.133. The quantitative estimate of drug-likeness (QED) is 0.678. The van der Waals surface area contributed by atoms with Crippen LogP contribution >= 0.6 is 11.6 Å². The Kier molecular flexibility index (Phi) is 4.88. The minimum Gasteiger partial charge on any atom is -0.309 e. The molecule has 0 unspecified atom stereocenters. The third-order valence-corrected chi connectivity index (χ3v) is 3.27. The van der Waals surface area contributed by atoms with Gasteiger partial charge in [-0.2, -0.15) is 5.26 Å². The molecule has 5 nitrogen and oxygen atoms in total. The van der Waals surface area contributed by atoms with E-state index in [1.165, 1.54) is 12.1 Å². The SMILES string of the molecule is N#Cc1ccc(CNCc2ccc(Cl)c([N+](=O)[O-])c2)cc1. The summed E-state index contributed by atoms with van der Waals surface area (Å²) in [6, 6.07) is 14.1. The van der Waals surface area contributed by atoms with Gasteiger partial charge in [-0.1, -0.05) is 29.8 Å². The van der Waals surface area contributed by atoms with Gasteiger partial charge in [-0.05, 0) is 29.3 Å². The van der Waals surface area contributed by atoms with Crippen molar-refractivity contribution in [1.82, 2.24) is 5.32 Å². The summed E-state index contributed by atoms with van der Waals surface area (Å²) in [5.74, 6) is 0. The highest BCUT2D eigenvalue weighted by atomic mass is 35.5. The Morgan fingerprint density at radius 2 is 1.76 bits per heavy atom. The number of nitriles is 1. The van der Waals surface area contributed by atoms with Crippen LogP contribution in [0, 0.1) is 21.4 Å². The number of nitrogens with one attached hydrogen (secondary N) is 1. The summed E-state index contributed by atoms with van der Waals surface area (Å²) >= 11 is 5.76. The molecular formula is C15H12ClN3O2. The van der Waals surface area contributed by atoms with Gasteiger partial charge in [-0.15, -0.1) is 0 Å². The largest absolute Gasteiger partial charge is 0.309 e. The molecule has 6 heteroatoms. The van der Waals surface area contributed by atoms with Crippen LogP contribution in [0.2, 0.25) is 5.02 Å². The number of nitro groups is 1. The summed E-state index contributed by atoms with van der Waals surface area (Å²) in [6.45, 7) is 1.11. The topological polar surface area (TPSA) is 79.0 Å². The first-order valence-electron chi connectivity index (χ1n) is 6.22. The molecular weight excluding hydrogens is 290 g/mol. The lowest BCUT2D eigenvalue weighted by molar-refractivity contribution is -0.384. The van der Waals surface area contributed by atoms with Gasteiger partial charge < -0.3 is 5.32 Å². The van der Waals surface area contributed by atoms with E-state index in [4.69, 9.17) is 16.9 Å². The summed E-state index contributed by atoms with van der Waals surface area (Å²) in [7, 11) is 0. The number of hydrogen-bond donors (Lipinski definition) is 1. The van der Waals surface area contributed by atoms with Gasteiger partial charge in [-0.3, -0.25) is 10.1 Å². The summed E-state index contributed by atoms with van der Waals surface area (Å²) in [4.78, 5) is 10.3. The number of nitro benzene ring substituents is 1. The molecule has 0 atom stereocenters. The zero-order valence-electron chi connectivity index (χ0n) is 11.0. The molecule has 2 aromatic rings. The smallest absolute Gasteiger partial charge is 0.288 e. The molecule has 2 rings (SSSR count). The van der Waals surface area contributed by atoms with Crippen LogP contribution in [0.3, 0.4) is 0 Å². The second kappa shape index (κ2) is 6.84. The first kappa shape index (κ1) is 15.0. The van der Waals surface area contributed by atoms with Crippen LogP contribution in [-0.4, -0.2) is 4.92 Å². The number of nitrogens with zero attached hydrogens (tertiary/aromatic N) is 2. The molecule has 0 bridgehead atoms. The summed E-state index contributed by atoms with van der Waals surface area (Å²) in [6.07, 6.45) is 0. The molecule has 1 N–H and O–H groups in total. The number of benzene rings is 2. The fourth-order valence-corrected chi connectivity index (χ4v) is 2.04. The number of hydrogen-bond acceptors (Lipinski definition) is 4. The first-order chi connectivity index (χ1) is 10.1. The van der Waals surface area contributed by atoms with E-state index in [1.54, 1.807) is 18.2 Å². The molecule has 0 saturated heterocycles. The third kappa shape index (κ3) is 4.02. The van der Waals surface area contributed by atoms with Gasteiger partial charge in [0.15, 0.2) is 0 Å². The minimum atomic E-state index is -0.494. The van der Waals surface area contributed by atoms with Crippen molar-refractivity contribution in [1.29, 1.82) is 5.26 Å². The lowest BCUT2D eigenvalue weighted by Crippen LogP contribution is -2.12. The van der Waals surface area contributed by atoms with Gasteiger partial charge in [0, 0.05) is 19.2 Å². The molecule has 0 fully saturated rings. The van der Waals surface area contributed by atoms with E-state index in [0.29, 0.717) is 18.7 Å². The number of halogens is 1. The maximum absolute atomic E-state index is 10.8. The second-order valence-corrected chi connectivity index (χ2v) is 4.86. The van der Waals surface area contributed by atoms with E-state index in [1.807, 2.05) is 12.1 Å². The van der Waals surface area contributed by atoms with E-state index >= 15 is 0 Å². The van der Waals surface area contributed by atoms with Crippen molar-refractivity contribution in [2.24, 2.45) is 0 Å². The van der Waals surface area contributed by atoms with Crippen LogP contribution < -0.4 is 5.32 Å². The summed E-state index contributed by atoms with van der Waals surface area (Å²) in [5, 5.41) is 22.8. The molecule has 0 saturated carbocycles. The standard InChI is InChI=1S/C15H12ClN3O2/c16-14-6-5-13(7-15(14)19(20)21)10-18-9-12-3-1-11(8-17)2-4-12/h1-7,18H,9-10H2. The monoisotopic (exact) mass is 301 g/mol. The van der Waals surface area contributed by atoms with Crippen molar-refractivity contribution < 1.29 is 4.92 Å². The highest BCUT2D eigenvalue weighted by Gasteiger charge is 2.12. The third-order valence-electron chi connectivity index (χ3n) is 2.95. The van der Waals surface area contributed by atoms with Gasteiger partial charge in [0.1, 0.15) is 5.02 Å². The normalized spacial score (nSPS) is 10.1. The predicted octanol–water partition coefficient (Wildman–Crippen LogP) is 3.41. The van der Waals surface area contributed by atoms with E-state index in [0.717, 1.165) is 11.1 Å². The van der Waals surface area contributed by atoms with Crippen molar-refractivity contribution in [2.75, 3.05) is 0 Å². The zero-order chi connectivity index (χ0) is 15.2. The van der Waals surface area contributed by atoms with Crippen LogP contribution in [0.1, 0.15) is 16.7 Å². The van der Waals surface area contributed by atoms with Gasteiger partial charge in [-0.25, -0.2) is 0 Å². The maximum atomic E-state index is 10.8. The molecule has 106 valence electrons. The van der Waals surface area contributed by atoms with Gasteiger partial charge in [0.25, 0.3) is 5.69 Å². The molecule has 21 heavy (non-hydrogen) atoms. The predicted molar refractivity (Wildman–Crippen MR) is 79.8 cm³/mol. The Hall–Kier alpha value is -2.42. The van der Waals surface area contributed by atoms with Crippen molar-refractivity contribution in [3.8, 4) is 6.07 Å². The van der Waals surface area contributed by atoms with E-state index < -0.39 is 4.92 Å². The Morgan fingerprint density at radius 3 is 2.38 bits per heavy atom. The molecule has 2 aromatic carbocycles. The summed E-state index contributed by atoms with van der Waals surface area (Å²) in [5.41, 5.74) is 2.36. The van der Waals surface area contributed by atoms with E-state index in [9.17, 15) is 10.1 Å². The molecule has 0 radical (unpaired) electrons. The molecule has 0 amide bonds. The molecule has 0 spiro atoms. The van der Waals surface area contributed by atoms with Gasteiger partial charge in [0.2, 0.25) is 0 Å². The maximum Gasteiger partial charge on any atom is 0.288 e. The Balaban J connectivity index is 1.95. The van der Waals surface area contributed by atoms with Crippen LogP contribution in [0.4, 0.5) is 5.69 Å². The lowest BCUT2D eigenvalue weighted by Gasteiger charge is -2.06. The molecule has 0 heterocycles. The van der Waals surface area contributed by atoms with Gasteiger partial charge >= 0.3 is 0 Å². The Labute approximate surface area is 126 Å². The highest BCUT2D eigenvalue weighted by Crippen LogP contribution is 2.24. The van der Waals surface area contributed by atoms with Gasteiger partial charge in [0.05, 0.1) is 16.6 Å². The Morgan fingerprint density at radius 1 is 1.14 bits per heavy atom. The van der Waals surface area contributed by atoms with E-state index in [2.05, 4.69) is 11.4 Å². The van der Waals surface area contributed by atoms with Crippen molar-refractivity contribution in [2.45, 2.75) is 13.1 Å². The lowest BCUT2D eigenvalue weighted by atomic mass is 10.1. The van der Waals surface area contributed by atoms with Crippen molar-refractivity contribution in [3.05, 3.63) is 74.3 Å². The van der Waals surface area contributed by atoms with Crippen LogP contribution in [-0.2, 0) is 13.1 Å². The second-order valence-electron chi connectivity index (χ2n) is 4.46. The van der Waals surface area contributed by atoms with Crippen molar-refractivity contribution >= 4 is 17.3 Å². The molecule has 0 aliphatic carbocycles.